The van der Waals surface area contributed by atoms with Gasteiger partial charge in [-0.25, -0.2) is 18.1 Å². The molecular formula is C15H14N4O2S. The molecule has 0 aliphatic carbocycles. The first kappa shape index (κ1) is 14.3. The smallest absolute Gasteiger partial charge is 0.261 e. The molecule has 0 radical (unpaired) electrons. The van der Waals surface area contributed by atoms with Gasteiger partial charge >= 0.3 is 0 Å². The molecule has 112 valence electrons. The Morgan fingerprint density at radius 3 is 2.36 bits per heavy atom. The summed E-state index contributed by atoms with van der Waals surface area (Å²) in [5.74, 6) is 0. The molecule has 0 fully saturated rings. The molecule has 0 unspecified atom stereocenters. The van der Waals surface area contributed by atoms with Crippen LogP contribution in [0.25, 0.3) is 0 Å². The van der Waals surface area contributed by atoms with Crippen molar-refractivity contribution in [3.05, 3.63) is 72.8 Å². The highest BCUT2D eigenvalue weighted by molar-refractivity contribution is 7.92. The monoisotopic (exact) mass is 314 g/mol. The minimum Gasteiger partial charge on any atom is -0.280 e. The zero-order chi connectivity index (χ0) is 15.4. The maximum atomic E-state index is 12.2. The van der Waals surface area contributed by atoms with E-state index in [1.165, 1.54) is 6.33 Å². The van der Waals surface area contributed by atoms with Crippen molar-refractivity contribution in [1.29, 1.82) is 0 Å². The Kier molecular flexibility index (Phi) is 3.88. The maximum Gasteiger partial charge on any atom is 0.261 e. The van der Waals surface area contributed by atoms with Crippen molar-refractivity contribution >= 4 is 15.7 Å². The minimum absolute atomic E-state index is 0.238. The van der Waals surface area contributed by atoms with Gasteiger partial charge in [0.05, 0.1) is 11.4 Å². The predicted molar refractivity (Wildman–Crippen MR) is 82.8 cm³/mol. The molecule has 0 amide bonds. The Labute approximate surface area is 128 Å². The molecule has 1 aromatic heterocycles. The number of hydrogen-bond donors (Lipinski definition) is 1. The highest BCUT2D eigenvalue weighted by Gasteiger charge is 2.13. The molecule has 0 bridgehead atoms. The third-order valence-corrected chi connectivity index (χ3v) is 4.47. The third-order valence-electron chi connectivity index (χ3n) is 3.07. The summed E-state index contributed by atoms with van der Waals surface area (Å²) in [5, 5.41) is 4.03. The lowest BCUT2D eigenvalue weighted by atomic mass is 10.2. The van der Waals surface area contributed by atoms with Gasteiger partial charge in [0.1, 0.15) is 12.7 Å². The molecule has 0 saturated carbocycles. The second-order valence-corrected chi connectivity index (χ2v) is 6.39. The molecular weight excluding hydrogens is 300 g/mol. The molecule has 0 spiro atoms. The van der Waals surface area contributed by atoms with E-state index < -0.39 is 10.0 Å². The van der Waals surface area contributed by atoms with Crippen molar-refractivity contribution in [3.8, 4) is 0 Å². The van der Waals surface area contributed by atoms with Crippen LogP contribution in [0.5, 0.6) is 0 Å². The predicted octanol–water partition coefficient (Wildman–Crippen LogP) is 2.13. The number of rotatable bonds is 5. The van der Waals surface area contributed by atoms with Crippen molar-refractivity contribution in [1.82, 2.24) is 14.8 Å². The number of hydrogen-bond acceptors (Lipinski definition) is 4. The van der Waals surface area contributed by atoms with E-state index in [0.29, 0.717) is 12.2 Å². The van der Waals surface area contributed by atoms with E-state index in [9.17, 15) is 8.42 Å². The van der Waals surface area contributed by atoms with Gasteiger partial charge < -0.3 is 0 Å². The molecule has 0 atom stereocenters. The Balaban J connectivity index is 1.73. The van der Waals surface area contributed by atoms with E-state index in [2.05, 4.69) is 14.8 Å². The summed E-state index contributed by atoms with van der Waals surface area (Å²) in [5.41, 5.74) is 1.53. The van der Waals surface area contributed by atoms with Crippen LogP contribution in [0.1, 0.15) is 5.56 Å². The standard InChI is InChI=1S/C15H14N4O2S/c20-22(21,15-4-2-1-3-5-15)18-14-8-6-13(7-9-14)10-19-12-16-11-17-19/h1-9,11-12,18H,10H2. The van der Waals surface area contributed by atoms with E-state index in [-0.39, 0.29) is 4.90 Å². The van der Waals surface area contributed by atoms with Gasteiger partial charge in [0, 0.05) is 5.69 Å². The van der Waals surface area contributed by atoms with Gasteiger partial charge in [0.25, 0.3) is 10.0 Å². The van der Waals surface area contributed by atoms with Crippen LogP contribution in [-0.2, 0) is 16.6 Å². The Morgan fingerprint density at radius 1 is 1.00 bits per heavy atom. The zero-order valence-electron chi connectivity index (χ0n) is 11.6. The van der Waals surface area contributed by atoms with Crippen molar-refractivity contribution in [2.45, 2.75) is 11.4 Å². The lowest BCUT2D eigenvalue weighted by Crippen LogP contribution is -2.12. The average Bonchev–Trinajstić information content (AvgIpc) is 3.03. The summed E-state index contributed by atoms with van der Waals surface area (Å²) in [6.07, 6.45) is 3.11. The van der Waals surface area contributed by atoms with Crippen LogP contribution in [0.3, 0.4) is 0 Å². The average molecular weight is 314 g/mol. The van der Waals surface area contributed by atoms with E-state index >= 15 is 0 Å². The molecule has 7 heteroatoms. The molecule has 0 aliphatic heterocycles. The second-order valence-electron chi connectivity index (χ2n) is 4.71. The highest BCUT2D eigenvalue weighted by atomic mass is 32.2. The van der Waals surface area contributed by atoms with Gasteiger partial charge in [-0.2, -0.15) is 5.10 Å². The van der Waals surface area contributed by atoms with Crippen LogP contribution in [0.2, 0.25) is 0 Å². The third kappa shape index (κ3) is 3.32. The number of nitrogens with zero attached hydrogens (tertiary/aromatic N) is 3. The lowest BCUT2D eigenvalue weighted by Gasteiger charge is -2.09. The van der Waals surface area contributed by atoms with E-state index in [0.717, 1.165) is 5.56 Å². The first-order valence-electron chi connectivity index (χ1n) is 6.63. The molecule has 0 aliphatic rings. The summed E-state index contributed by atoms with van der Waals surface area (Å²) in [7, 11) is -3.55. The quantitative estimate of drug-likeness (QED) is 0.782. The molecule has 3 rings (SSSR count). The van der Waals surface area contributed by atoms with E-state index in [1.807, 2.05) is 12.1 Å². The van der Waals surface area contributed by atoms with Crippen molar-refractivity contribution in [3.63, 3.8) is 0 Å². The molecule has 1 heterocycles. The fraction of sp³-hybridized carbons (Fsp3) is 0.0667. The fourth-order valence-electron chi connectivity index (χ4n) is 1.99. The first-order chi connectivity index (χ1) is 10.6. The van der Waals surface area contributed by atoms with Gasteiger partial charge in [-0.15, -0.1) is 0 Å². The first-order valence-corrected chi connectivity index (χ1v) is 8.11. The molecule has 3 aromatic rings. The zero-order valence-corrected chi connectivity index (χ0v) is 12.4. The highest BCUT2D eigenvalue weighted by Crippen LogP contribution is 2.16. The van der Waals surface area contributed by atoms with Gasteiger partial charge in [0.2, 0.25) is 0 Å². The van der Waals surface area contributed by atoms with Crippen LogP contribution >= 0.6 is 0 Å². The largest absolute Gasteiger partial charge is 0.280 e. The minimum atomic E-state index is -3.55. The van der Waals surface area contributed by atoms with Crippen LogP contribution in [-0.4, -0.2) is 23.2 Å². The van der Waals surface area contributed by atoms with Crippen LogP contribution in [0.4, 0.5) is 5.69 Å². The number of aromatic nitrogens is 3. The van der Waals surface area contributed by atoms with Gasteiger partial charge in [-0.05, 0) is 29.8 Å². The van der Waals surface area contributed by atoms with Gasteiger partial charge in [-0.1, -0.05) is 30.3 Å². The van der Waals surface area contributed by atoms with E-state index in [4.69, 9.17) is 0 Å². The van der Waals surface area contributed by atoms with Crippen LogP contribution in [0, 0.1) is 0 Å². The normalized spacial score (nSPS) is 11.3. The fourth-order valence-corrected chi connectivity index (χ4v) is 3.07. The number of anilines is 1. The molecule has 0 saturated heterocycles. The summed E-state index contributed by atoms with van der Waals surface area (Å²) in [6.45, 7) is 0.589. The summed E-state index contributed by atoms with van der Waals surface area (Å²) >= 11 is 0. The van der Waals surface area contributed by atoms with Gasteiger partial charge in [-0.3, -0.25) is 4.72 Å². The van der Waals surface area contributed by atoms with Crippen LogP contribution < -0.4 is 4.72 Å². The van der Waals surface area contributed by atoms with Gasteiger partial charge in [0.15, 0.2) is 0 Å². The number of benzene rings is 2. The van der Waals surface area contributed by atoms with Crippen molar-refractivity contribution in [2.24, 2.45) is 0 Å². The van der Waals surface area contributed by atoms with Crippen LogP contribution in [0.15, 0.2) is 72.1 Å². The number of nitrogens with one attached hydrogen (secondary N) is 1. The Hall–Kier alpha value is -2.67. The maximum absolute atomic E-state index is 12.2. The molecule has 1 N–H and O–H groups in total. The van der Waals surface area contributed by atoms with E-state index in [1.54, 1.807) is 53.5 Å². The molecule has 6 nitrogen and oxygen atoms in total. The lowest BCUT2D eigenvalue weighted by molar-refractivity contribution is 0.601. The SMILES string of the molecule is O=S(=O)(Nc1ccc(Cn2cncn2)cc1)c1ccccc1. The molecule has 2 aromatic carbocycles. The topological polar surface area (TPSA) is 76.9 Å². The molecule has 22 heavy (non-hydrogen) atoms. The number of sulfonamides is 1. The second kappa shape index (κ2) is 5.98. The summed E-state index contributed by atoms with van der Waals surface area (Å²) in [6, 6.07) is 15.4. The van der Waals surface area contributed by atoms with Crippen molar-refractivity contribution < 1.29 is 8.42 Å². The summed E-state index contributed by atoms with van der Waals surface area (Å²) in [4.78, 5) is 4.12. The summed E-state index contributed by atoms with van der Waals surface area (Å²) < 4.78 is 28.7. The Bertz CT molecular complexity index is 829. The van der Waals surface area contributed by atoms with Crippen molar-refractivity contribution in [2.75, 3.05) is 4.72 Å². The Morgan fingerprint density at radius 2 is 1.73 bits per heavy atom.